The van der Waals surface area contributed by atoms with Crippen molar-refractivity contribution in [1.82, 2.24) is 19.7 Å². The van der Waals surface area contributed by atoms with Crippen molar-refractivity contribution in [2.45, 2.75) is 32.7 Å². The fraction of sp³-hybridized carbons (Fsp3) is 0.368. The van der Waals surface area contributed by atoms with Crippen molar-refractivity contribution in [2.75, 3.05) is 16.8 Å². The minimum Gasteiger partial charge on any atom is -0.358 e. The molecular weight excluding hydrogens is 328 g/mol. The number of amides is 1. The largest absolute Gasteiger partial charge is 0.358 e. The SMILES string of the molecule is Cc1ccc(N2CCC[C@H](Nc3nc(C)nc4c3cnn4C)C2=O)cc1. The maximum absolute atomic E-state index is 13.0. The van der Waals surface area contributed by atoms with Crippen LogP contribution in [0.5, 0.6) is 0 Å². The Balaban J connectivity index is 1.62. The summed E-state index contributed by atoms with van der Waals surface area (Å²) in [6.45, 7) is 4.63. The predicted molar refractivity (Wildman–Crippen MR) is 101 cm³/mol. The van der Waals surface area contributed by atoms with Crippen LogP contribution in [0.2, 0.25) is 0 Å². The van der Waals surface area contributed by atoms with E-state index in [-0.39, 0.29) is 11.9 Å². The number of hydrogen-bond donors (Lipinski definition) is 1. The van der Waals surface area contributed by atoms with E-state index in [0.29, 0.717) is 11.6 Å². The Morgan fingerprint density at radius 2 is 1.92 bits per heavy atom. The molecule has 0 bridgehead atoms. The molecule has 0 saturated carbocycles. The lowest BCUT2D eigenvalue weighted by molar-refractivity contribution is -0.120. The van der Waals surface area contributed by atoms with Gasteiger partial charge in [0, 0.05) is 19.3 Å². The van der Waals surface area contributed by atoms with Gasteiger partial charge in [-0.1, -0.05) is 17.7 Å². The van der Waals surface area contributed by atoms with Crippen molar-refractivity contribution in [1.29, 1.82) is 0 Å². The number of nitrogens with zero attached hydrogens (tertiary/aromatic N) is 5. The van der Waals surface area contributed by atoms with Crippen LogP contribution in [0, 0.1) is 13.8 Å². The third-order valence-corrected chi connectivity index (χ3v) is 4.80. The molecular formula is C19H22N6O. The van der Waals surface area contributed by atoms with Gasteiger partial charge in [0.25, 0.3) is 0 Å². The van der Waals surface area contributed by atoms with Gasteiger partial charge in [0.2, 0.25) is 5.91 Å². The van der Waals surface area contributed by atoms with Crippen LogP contribution in [0.25, 0.3) is 11.0 Å². The molecule has 0 unspecified atom stereocenters. The van der Waals surface area contributed by atoms with E-state index in [4.69, 9.17) is 0 Å². The average Bonchev–Trinajstić information content (AvgIpc) is 2.99. The van der Waals surface area contributed by atoms with E-state index < -0.39 is 0 Å². The van der Waals surface area contributed by atoms with Crippen LogP contribution in [0.3, 0.4) is 0 Å². The lowest BCUT2D eigenvalue weighted by Crippen LogP contribution is -2.48. The van der Waals surface area contributed by atoms with E-state index in [0.717, 1.165) is 36.1 Å². The minimum atomic E-state index is -0.303. The molecule has 7 heteroatoms. The third kappa shape index (κ3) is 2.89. The highest BCUT2D eigenvalue weighted by atomic mass is 16.2. The number of rotatable bonds is 3. The van der Waals surface area contributed by atoms with E-state index in [2.05, 4.69) is 20.4 Å². The lowest BCUT2D eigenvalue weighted by Gasteiger charge is -2.33. The van der Waals surface area contributed by atoms with Crippen LogP contribution in [-0.4, -0.2) is 38.2 Å². The first-order chi connectivity index (χ1) is 12.5. The van der Waals surface area contributed by atoms with Gasteiger partial charge in [-0.25, -0.2) is 9.97 Å². The molecule has 0 aliphatic carbocycles. The molecule has 7 nitrogen and oxygen atoms in total. The van der Waals surface area contributed by atoms with Crippen LogP contribution >= 0.6 is 0 Å². The van der Waals surface area contributed by atoms with E-state index in [9.17, 15) is 4.79 Å². The van der Waals surface area contributed by atoms with Crippen molar-refractivity contribution in [3.8, 4) is 0 Å². The summed E-state index contributed by atoms with van der Waals surface area (Å²) in [6.07, 6.45) is 3.46. The highest BCUT2D eigenvalue weighted by molar-refractivity contribution is 6.00. The zero-order valence-corrected chi connectivity index (χ0v) is 15.2. The molecule has 4 rings (SSSR count). The highest BCUT2D eigenvalue weighted by Crippen LogP contribution is 2.26. The summed E-state index contributed by atoms with van der Waals surface area (Å²) in [7, 11) is 1.85. The second-order valence-corrected chi connectivity index (χ2v) is 6.79. The predicted octanol–water partition coefficient (Wildman–Crippen LogP) is 2.59. The van der Waals surface area contributed by atoms with Gasteiger partial charge in [-0.3, -0.25) is 9.48 Å². The van der Waals surface area contributed by atoms with Crippen molar-refractivity contribution in [3.63, 3.8) is 0 Å². The molecule has 1 N–H and O–H groups in total. The number of fused-ring (bicyclic) bond motifs is 1. The van der Waals surface area contributed by atoms with Gasteiger partial charge in [-0.15, -0.1) is 0 Å². The summed E-state index contributed by atoms with van der Waals surface area (Å²) in [5.41, 5.74) is 2.89. The second-order valence-electron chi connectivity index (χ2n) is 6.79. The summed E-state index contributed by atoms with van der Waals surface area (Å²) in [5.74, 6) is 1.40. The maximum Gasteiger partial charge on any atom is 0.249 e. The number of aromatic nitrogens is 4. The lowest BCUT2D eigenvalue weighted by atomic mass is 10.0. The van der Waals surface area contributed by atoms with E-state index >= 15 is 0 Å². The summed E-state index contributed by atoms with van der Waals surface area (Å²) < 4.78 is 1.72. The highest BCUT2D eigenvalue weighted by Gasteiger charge is 2.30. The molecule has 26 heavy (non-hydrogen) atoms. The first-order valence-electron chi connectivity index (χ1n) is 8.84. The fourth-order valence-electron chi connectivity index (χ4n) is 3.40. The van der Waals surface area contributed by atoms with E-state index in [1.807, 2.05) is 50.1 Å². The standard InChI is InChI=1S/C19H22N6O/c1-12-6-8-14(9-7-12)25-10-4-5-16(19(25)26)23-17-15-11-20-24(3)18(15)22-13(2)21-17/h6-9,11,16H,4-5,10H2,1-3H3,(H,21,22,23)/t16-/m0/s1. The van der Waals surface area contributed by atoms with E-state index in [1.165, 1.54) is 5.56 Å². The summed E-state index contributed by atoms with van der Waals surface area (Å²) in [4.78, 5) is 23.8. The number of benzene rings is 1. The topological polar surface area (TPSA) is 75.9 Å². The Morgan fingerprint density at radius 3 is 2.69 bits per heavy atom. The fourth-order valence-corrected chi connectivity index (χ4v) is 3.40. The first-order valence-corrected chi connectivity index (χ1v) is 8.84. The second kappa shape index (κ2) is 6.40. The molecule has 1 saturated heterocycles. The smallest absolute Gasteiger partial charge is 0.249 e. The Bertz CT molecular complexity index is 962. The maximum atomic E-state index is 13.0. The minimum absolute atomic E-state index is 0.0772. The average molecular weight is 350 g/mol. The Kier molecular flexibility index (Phi) is 4.06. The zero-order valence-electron chi connectivity index (χ0n) is 15.2. The van der Waals surface area contributed by atoms with Gasteiger partial charge < -0.3 is 10.2 Å². The third-order valence-electron chi connectivity index (χ3n) is 4.80. The van der Waals surface area contributed by atoms with Gasteiger partial charge in [0.05, 0.1) is 11.6 Å². The quantitative estimate of drug-likeness (QED) is 0.786. The van der Waals surface area contributed by atoms with E-state index in [1.54, 1.807) is 10.9 Å². The number of piperidine rings is 1. The molecule has 1 fully saturated rings. The molecule has 2 aromatic heterocycles. The van der Waals surface area contributed by atoms with Crippen molar-refractivity contribution in [2.24, 2.45) is 7.05 Å². The number of carbonyl (C=O) groups excluding carboxylic acids is 1. The number of nitrogens with one attached hydrogen (secondary N) is 1. The number of aryl methyl sites for hydroxylation is 3. The molecule has 0 spiro atoms. The van der Waals surface area contributed by atoms with Gasteiger partial charge >= 0.3 is 0 Å². The normalized spacial score (nSPS) is 17.7. The molecule has 0 radical (unpaired) electrons. The first kappa shape index (κ1) is 16.5. The Morgan fingerprint density at radius 1 is 1.15 bits per heavy atom. The summed E-state index contributed by atoms with van der Waals surface area (Å²) in [5, 5.41) is 8.43. The number of anilines is 2. The van der Waals surface area contributed by atoms with Crippen LogP contribution in [-0.2, 0) is 11.8 Å². The molecule has 1 aromatic carbocycles. The van der Waals surface area contributed by atoms with Crippen molar-refractivity contribution >= 4 is 28.4 Å². The molecule has 3 heterocycles. The van der Waals surface area contributed by atoms with Crippen molar-refractivity contribution in [3.05, 3.63) is 41.9 Å². The van der Waals surface area contributed by atoms with Crippen LogP contribution in [0.15, 0.2) is 30.5 Å². The van der Waals surface area contributed by atoms with Crippen LogP contribution in [0.4, 0.5) is 11.5 Å². The number of carbonyl (C=O) groups is 1. The monoisotopic (exact) mass is 350 g/mol. The van der Waals surface area contributed by atoms with Crippen molar-refractivity contribution < 1.29 is 4.79 Å². The zero-order chi connectivity index (χ0) is 18.3. The molecule has 1 aliphatic rings. The van der Waals surface area contributed by atoms with Gasteiger partial charge in [-0.05, 0) is 38.8 Å². The molecule has 1 aliphatic heterocycles. The van der Waals surface area contributed by atoms with Crippen LogP contribution < -0.4 is 10.2 Å². The molecule has 1 amide bonds. The Labute approximate surface area is 152 Å². The van der Waals surface area contributed by atoms with Gasteiger partial charge in [-0.2, -0.15) is 5.10 Å². The summed E-state index contributed by atoms with van der Waals surface area (Å²) >= 11 is 0. The Hall–Kier alpha value is -2.96. The molecule has 3 aromatic rings. The molecule has 1 atom stereocenters. The van der Waals surface area contributed by atoms with Gasteiger partial charge in [0.1, 0.15) is 17.7 Å². The summed E-state index contributed by atoms with van der Waals surface area (Å²) in [6, 6.07) is 7.77. The van der Waals surface area contributed by atoms with Gasteiger partial charge in [0.15, 0.2) is 5.65 Å². The van der Waals surface area contributed by atoms with Crippen LogP contribution in [0.1, 0.15) is 24.2 Å². The molecule has 134 valence electrons. The number of hydrogen-bond acceptors (Lipinski definition) is 5.